The van der Waals surface area contributed by atoms with Crippen molar-refractivity contribution in [1.29, 1.82) is 0 Å². The Morgan fingerprint density at radius 2 is 2.24 bits per heavy atom. The van der Waals surface area contributed by atoms with Crippen LogP contribution in [0.1, 0.15) is 19.5 Å². The van der Waals surface area contributed by atoms with Crippen molar-refractivity contribution in [3.63, 3.8) is 0 Å². The number of nitrogens with one attached hydrogen (secondary N) is 2. The number of aromatic amines is 1. The summed E-state index contributed by atoms with van der Waals surface area (Å²) in [5, 5.41) is 3.38. The third-order valence-corrected chi connectivity index (χ3v) is 2.53. The Morgan fingerprint density at radius 3 is 2.88 bits per heavy atom. The highest BCUT2D eigenvalue weighted by Gasteiger charge is 2.07. The third-order valence-electron chi connectivity index (χ3n) is 2.53. The molecule has 5 heteroatoms. The van der Waals surface area contributed by atoms with Crippen molar-refractivity contribution in [3.8, 4) is 11.6 Å². The van der Waals surface area contributed by atoms with Gasteiger partial charge in [-0.3, -0.25) is 0 Å². The van der Waals surface area contributed by atoms with Crippen molar-refractivity contribution in [2.45, 2.75) is 20.4 Å². The molecule has 0 aromatic carbocycles. The monoisotopic (exact) mass is 233 g/mol. The van der Waals surface area contributed by atoms with Gasteiger partial charge in [-0.2, -0.15) is 0 Å². The minimum absolute atomic E-state index is 0.659. The maximum atomic E-state index is 4.34. The lowest BCUT2D eigenvalue weighted by Gasteiger charge is -2.05. The average molecular weight is 233 g/mol. The highest BCUT2D eigenvalue weighted by Crippen LogP contribution is 2.11. The second-order valence-corrected chi connectivity index (χ2v) is 4.64. The summed E-state index contributed by atoms with van der Waals surface area (Å²) in [6.07, 6.45) is 5.54. The molecule has 2 aromatic rings. The summed E-state index contributed by atoms with van der Waals surface area (Å²) >= 11 is 0. The van der Waals surface area contributed by atoms with Crippen molar-refractivity contribution in [2.24, 2.45) is 13.0 Å². The van der Waals surface area contributed by atoms with Gasteiger partial charge < -0.3 is 14.9 Å². The average Bonchev–Trinajstić information content (AvgIpc) is 2.86. The molecule has 2 aromatic heterocycles. The normalized spacial score (nSPS) is 11.3. The topological polar surface area (TPSA) is 58.5 Å². The Balaban J connectivity index is 1.99. The van der Waals surface area contributed by atoms with Crippen LogP contribution in [0.25, 0.3) is 11.6 Å². The van der Waals surface area contributed by atoms with Gasteiger partial charge >= 0.3 is 0 Å². The third kappa shape index (κ3) is 2.94. The highest BCUT2D eigenvalue weighted by molar-refractivity contribution is 5.44. The van der Waals surface area contributed by atoms with Crippen molar-refractivity contribution in [3.05, 3.63) is 24.3 Å². The van der Waals surface area contributed by atoms with Crippen LogP contribution in [-0.2, 0) is 13.6 Å². The molecule has 2 heterocycles. The Bertz CT molecular complexity index is 469. The number of aryl methyl sites for hydroxylation is 1. The van der Waals surface area contributed by atoms with Gasteiger partial charge in [0.1, 0.15) is 0 Å². The van der Waals surface area contributed by atoms with Crippen LogP contribution in [0.2, 0.25) is 0 Å². The summed E-state index contributed by atoms with van der Waals surface area (Å²) in [6.45, 7) is 6.21. The molecule has 2 N–H and O–H groups in total. The van der Waals surface area contributed by atoms with Gasteiger partial charge in [-0.05, 0) is 12.5 Å². The van der Waals surface area contributed by atoms with Crippen LogP contribution >= 0.6 is 0 Å². The lowest BCUT2D eigenvalue weighted by atomic mass is 10.2. The van der Waals surface area contributed by atoms with Gasteiger partial charge in [0.2, 0.25) is 0 Å². The molecule has 0 aliphatic carbocycles. The Kier molecular flexibility index (Phi) is 3.58. The Hall–Kier alpha value is -1.62. The first-order chi connectivity index (χ1) is 8.16. The molecule has 92 valence electrons. The van der Waals surface area contributed by atoms with Gasteiger partial charge in [-0.25, -0.2) is 9.97 Å². The van der Waals surface area contributed by atoms with Crippen LogP contribution in [0.15, 0.2) is 18.6 Å². The van der Waals surface area contributed by atoms with E-state index in [2.05, 4.69) is 34.1 Å². The molecule has 0 fully saturated rings. The van der Waals surface area contributed by atoms with E-state index in [-0.39, 0.29) is 0 Å². The van der Waals surface area contributed by atoms with E-state index in [0.29, 0.717) is 5.92 Å². The van der Waals surface area contributed by atoms with Gasteiger partial charge in [-0.15, -0.1) is 0 Å². The molecular formula is C12H19N5. The molecular weight excluding hydrogens is 214 g/mol. The number of aromatic nitrogens is 4. The molecule has 0 bridgehead atoms. The molecule has 0 unspecified atom stereocenters. The molecule has 5 nitrogen and oxygen atoms in total. The van der Waals surface area contributed by atoms with Crippen LogP contribution in [0.3, 0.4) is 0 Å². The fraction of sp³-hybridized carbons (Fsp3) is 0.500. The molecule has 0 radical (unpaired) electrons. The predicted molar refractivity (Wildman–Crippen MR) is 67.3 cm³/mol. The van der Waals surface area contributed by atoms with E-state index in [4.69, 9.17) is 0 Å². The highest BCUT2D eigenvalue weighted by atomic mass is 15.1. The lowest BCUT2D eigenvalue weighted by Crippen LogP contribution is -2.19. The zero-order valence-corrected chi connectivity index (χ0v) is 10.6. The van der Waals surface area contributed by atoms with Crippen molar-refractivity contribution >= 4 is 0 Å². The van der Waals surface area contributed by atoms with Crippen LogP contribution in [0, 0.1) is 5.92 Å². The smallest absolute Gasteiger partial charge is 0.175 e. The minimum Gasteiger partial charge on any atom is -0.338 e. The summed E-state index contributed by atoms with van der Waals surface area (Å²) in [6, 6.07) is 0. The summed E-state index contributed by atoms with van der Waals surface area (Å²) in [7, 11) is 1.96. The fourth-order valence-corrected chi connectivity index (χ4v) is 1.65. The number of H-pyrrole nitrogens is 1. The number of hydrogen-bond acceptors (Lipinski definition) is 3. The molecule has 0 amide bonds. The van der Waals surface area contributed by atoms with E-state index in [1.54, 1.807) is 6.20 Å². The molecule has 0 atom stereocenters. The second kappa shape index (κ2) is 5.14. The minimum atomic E-state index is 0.659. The van der Waals surface area contributed by atoms with Gasteiger partial charge in [0.15, 0.2) is 11.6 Å². The molecule has 0 saturated heterocycles. The lowest BCUT2D eigenvalue weighted by molar-refractivity contribution is 0.549. The van der Waals surface area contributed by atoms with E-state index >= 15 is 0 Å². The number of nitrogens with zero attached hydrogens (tertiary/aromatic N) is 3. The number of rotatable bonds is 5. The molecule has 0 saturated carbocycles. The van der Waals surface area contributed by atoms with Crippen LogP contribution < -0.4 is 5.32 Å². The van der Waals surface area contributed by atoms with E-state index in [1.165, 1.54) is 0 Å². The van der Waals surface area contributed by atoms with E-state index < -0.39 is 0 Å². The Labute approximate surface area is 101 Å². The van der Waals surface area contributed by atoms with E-state index in [0.717, 1.165) is 30.4 Å². The zero-order chi connectivity index (χ0) is 12.3. The predicted octanol–water partition coefficient (Wildman–Crippen LogP) is 1.56. The van der Waals surface area contributed by atoms with Crippen LogP contribution in [0.5, 0.6) is 0 Å². The van der Waals surface area contributed by atoms with Crippen LogP contribution in [-0.4, -0.2) is 26.1 Å². The van der Waals surface area contributed by atoms with Gasteiger partial charge in [-0.1, -0.05) is 13.8 Å². The SMILES string of the molecule is CC(C)CNCc1cnc(-c2nccn2C)[nH]1. The summed E-state index contributed by atoms with van der Waals surface area (Å²) in [5.74, 6) is 2.34. The maximum absolute atomic E-state index is 4.34. The molecule has 17 heavy (non-hydrogen) atoms. The van der Waals surface area contributed by atoms with Crippen molar-refractivity contribution in [2.75, 3.05) is 6.54 Å². The first-order valence-corrected chi connectivity index (χ1v) is 5.89. The molecule has 0 spiro atoms. The second-order valence-electron chi connectivity index (χ2n) is 4.64. The molecule has 0 aliphatic heterocycles. The maximum Gasteiger partial charge on any atom is 0.175 e. The summed E-state index contributed by atoms with van der Waals surface area (Å²) < 4.78 is 1.95. The quantitative estimate of drug-likeness (QED) is 0.824. The van der Waals surface area contributed by atoms with Gasteiger partial charge in [0, 0.05) is 31.7 Å². The summed E-state index contributed by atoms with van der Waals surface area (Å²) in [4.78, 5) is 11.9. The van der Waals surface area contributed by atoms with E-state index in [1.807, 2.05) is 24.0 Å². The van der Waals surface area contributed by atoms with E-state index in [9.17, 15) is 0 Å². The largest absolute Gasteiger partial charge is 0.338 e. The van der Waals surface area contributed by atoms with Gasteiger partial charge in [0.25, 0.3) is 0 Å². The first kappa shape index (κ1) is 11.9. The zero-order valence-electron chi connectivity index (χ0n) is 10.6. The summed E-state index contributed by atoms with van der Waals surface area (Å²) in [5.41, 5.74) is 1.09. The number of imidazole rings is 2. The number of hydrogen-bond donors (Lipinski definition) is 2. The van der Waals surface area contributed by atoms with Crippen LogP contribution in [0.4, 0.5) is 0 Å². The molecule has 0 aliphatic rings. The standard InChI is InChI=1S/C12H19N5/c1-9(2)6-13-7-10-8-15-11(16-10)12-14-4-5-17(12)3/h4-5,8-9,13H,6-7H2,1-3H3,(H,15,16). The fourth-order valence-electron chi connectivity index (χ4n) is 1.65. The van der Waals surface area contributed by atoms with Crippen molar-refractivity contribution in [1.82, 2.24) is 24.8 Å². The van der Waals surface area contributed by atoms with Crippen molar-refractivity contribution < 1.29 is 0 Å². The first-order valence-electron chi connectivity index (χ1n) is 5.89. The Morgan fingerprint density at radius 1 is 1.41 bits per heavy atom. The van der Waals surface area contributed by atoms with Gasteiger partial charge in [0.05, 0.1) is 6.20 Å². The molecule has 2 rings (SSSR count).